The van der Waals surface area contributed by atoms with Crippen LogP contribution in [-0.2, 0) is 34.1 Å². The van der Waals surface area contributed by atoms with Gasteiger partial charge in [0.25, 0.3) is 0 Å². The van der Waals surface area contributed by atoms with Crippen LogP contribution in [0.25, 0.3) is 0 Å². The molecule has 0 spiro atoms. The van der Waals surface area contributed by atoms with Crippen molar-refractivity contribution in [3.8, 4) is 0 Å². The Balaban J connectivity index is 0.000000505. The average molecular weight is 384 g/mol. The number of thiol groups is 1. The monoisotopic (exact) mass is 383 g/mol. The minimum atomic E-state index is -2.50. The van der Waals surface area contributed by atoms with E-state index >= 15 is 0 Å². The number of benzene rings is 2. The molecule has 2 aromatic rings. The number of rotatable bonds is 8. The van der Waals surface area contributed by atoms with Gasteiger partial charge in [0, 0.05) is 0 Å². The summed E-state index contributed by atoms with van der Waals surface area (Å²) < 4.78 is 11.2. The summed E-state index contributed by atoms with van der Waals surface area (Å²) in [5.41, 5.74) is -0.368. The highest BCUT2D eigenvalue weighted by Gasteiger charge is 2.13. The molecular formula is C18H26NO2PS2. The molecule has 0 atom stereocenters. The normalized spacial score (nSPS) is 10.8. The summed E-state index contributed by atoms with van der Waals surface area (Å²) in [5.74, 6) is 0. The van der Waals surface area contributed by atoms with Crippen molar-refractivity contribution in [2.75, 3.05) is 13.1 Å². The maximum atomic E-state index is 5.61. The molecule has 24 heavy (non-hydrogen) atoms. The molecule has 0 saturated heterocycles. The largest absolute Gasteiger partial charge is 0.317 e. The first kappa shape index (κ1) is 21.4. The highest BCUT2D eigenvalue weighted by molar-refractivity contribution is 8.60. The van der Waals surface area contributed by atoms with Crippen LogP contribution in [0.5, 0.6) is 0 Å². The van der Waals surface area contributed by atoms with Crippen LogP contribution in [0.4, 0.5) is 0 Å². The van der Waals surface area contributed by atoms with Gasteiger partial charge in [-0.2, -0.15) is 0 Å². The maximum Gasteiger partial charge on any atom is 0.244 e. The summed E-state index contributed by atoms with van der Waals surface area (Å²) in [6.07, 6.45) is 0. The van der Waals surface area contributed by atoms with Crippen LogP contribution in [-0.4, -0.2) is 13.1 Å². The zero-order valence-corrected chi connectivity index (χ0v) is 16.8. The fourth-order valence-corrected chi connectivity index (χ4v) is 3.11. The van der Waals surface area contributed by atoms with Crippen molar-refractivity contribution >= 4 is 29.7 Å². The third-order valence-electron chi connectivity index (χ3n) is 2.97. The van der Waals surface area contributed by atoms with Gasteiger partial charge in [-0.15, -0.1) is 0 Å². The van der Waals surface area contributed by atoms with Crippen molar-refractivity contribution in [1.82, 2.24) is 5.32 Å². The van der Waals surface area contributed by atoms with E-state index in [1.165, 1.54) is 0 Å². The standard InChI is InChI=1S/C14H15O2PS2.C4H11N/c18-17(19,15-11-13-7-3-1-4-8-13)16-12-14-9-5-2-6-10-14;1-3-5-4-2/h1-10H,11-12H2,(H,18,19);5H,3-4H2,1-2H3. The number of nitrogens with one attached hydrogen (secondary N) is 1. The van der Waals surface area contributed by atoms with Crippen molar-refractivity contribution in [2.24, 2.45) is 0 Å². The van der Waals surface area contributed by atoms with Crippen LogP contribution in [0.2, 0.25) is 0 Å². The quantitative estimate of drug-likeness (QED) is 0.485. The lowest BCUT2D eigenvalue weighted by molar-refractivity contribution is 0.246. The minimum Gasteiger partial charge on any atom is -0.317 e. The van der Waals surface area contributed by atoms with Gasteiger partial charge in [-0.05, 0) is 36.0 Å². The lowest BCUT2D eigenvalue weighted by atomic mass is 10.2. The van der Waals surface area contributed by atoms with Crippen molar-refractivity contribution < 1.29 is 9.05 Å². The van der Waals surface area contributed by atoms with Crippen molar-refractivity contribution in [3.05, 3.63) is 71.8 Å². The summed E-state index contributed by atoms with van der Waals surface area (Å²) in [7, 11) is 0. The molecule has 0 bridgehead atoms. The Bertz CT molecular complexity index is 547. The van der Waals surface area contributed by atoms with E-state index in [1.54, 1.807) is 0 Å². The summed E-state index contributed by atoms with van der Waals surface area (Å²) in [4.78, 5) is 0. The van der Waals surface area contributed by atoms with Gasteiger partial charge in [-0.25, -0.2) is 0 Å². The molecule has 0 aromatic heterocycles. The topological polar surface area (TPSA) is 30.5 Å². The van der Waals surface area contributed by atoms with Crippen LogP contribution in [0.1, 0.15) is 25.0 Å². The molecule has 0 fully saturated rings. The predicted octanol–water partition coefficient (Wildman–Crippen LogP) is 5.19. The molecule has 3 nitrogen and oxygen atoms in total. The van der Waals surface area contributed by atoms with E-state index in [0.29, 0.717) is 13.2 Å². The molecule has 2 rings (SSSR count). The lowest BCUT2D eigenvalue weighted by Crippen LogP contribution is -2.09. The molecule has 132 valence electrons. The van der Waals surface area contributed by atoms with E-state index in [4.69, 9.17) is 20.9 Å². The van der Waals surface area contributed by atoms with Gasteiger partial charge in [0.1, 0.15) is 0 Å². The van der Waals surface area contributed by atoms with E-state index in [0.717, 1.165) is 24.2 Å². The van der Waals surface area contributed by atoms with Crippen LogP contribution >= 0.6 is 17.9 Å². The molecule has 0 amide bonds. The Morgan fingerprint density at radius 3 is 1.50 bits per heavy atom. The average Bonchev–Trinajstić information content (AvgIpc) is 2.62. The molecule has 0 heterocycles. The fourth-order valence-electron chi connectivity index (χ4n) is 1.75. The first-order valence-electron chi connectivity index (χ1n) is 7.97. The number of hydrogen-bond donors (Lipinski definition) is 2. The summed E-state index contributed by atoms with van der Waals surface area (Å²) in [6.45, 7) is 7.24. The second kappa shape index (κ2) is 12.6. The van der Waals surface area contributed by atoms with Crippen molar-refractivity contribution in [1.29, 1.82) is 0 Å². The van der Waals surface area contributed by atoms with E-state index in [1.807, 2.05) is 60.7 Å². The van der Waals surface area contributed by atoms with E-state index < -0.39 is 5.69 Å². The predicted molar refractivity (Wildman–Crippen MR) is 110 cm³/mol. The van der Waals surface area contributed by atoms with Crippen LogP contribution < -0.4 is 5.32 Å². The second-order valence-electron chi connectivity index (χ2n) is 4.94. The summed E-state index contributed by atoms with van der Waals surface area (Å²) in [5, 5.41) is 3.11. The molecule has 6 heteroatoms. The second-order valence-corrected chi connectivity index (χ2v) is 10.2. The maximum absolute atomic E-state index is 5.61. The van der Waals surface area contributed by atoms with Crippen molar-refractivity contribution in [2.45, 2.75) is 27.1 Å². The highest BCUT2D eigenvalue weighted by atomic mass is 32.9. The zero-order valence-electron chi connectivity index (χ0n) is 14.2. The van der Waals surface area contributed by atoms with Gasteiger partial charge in [-0.1, -0.05) is 86.8 Å². The Morgan fingerprint density at radius 1 is 0.833 bits per heavy atom. The molecule has 0 saturated carbocycles. The first-order chi connectivity index (χ1) is 11.6. The van der Waals surface area contributed by atoms with Crippen LogP contribution in [0, 0.1) is 0 Å². The Labute approximate surface area is 156 Å². The van der Waals surface area contributed by atoms with Gasteiger partial charge in [0.15, 0.2) is 0 Å². The molecule has 2 aromatic carbocycles. The lowest BCUT2D eigenvalue weighted by Gasteiger charge is -2.16. The molecule has 0 aliphatic heterocycles. The Kier molecular flexibility index (Phi) is 11.3. The SMILES string of the molecule is CCNCC.S=P(S)(OCc1ccccc1)OCc1ccccc1. The smallest absolute Gasteiger partial charge is 0.244 e. The van der Waals surface area contributed by atoms with Crippen LogP contribution in [0.3, 0.4) is 0 Å². The van der Waals surface area contributed by atoms with Gasteiger partial charge < -0.3 is 14.4 Å². The highest BCUT2D eigenvalue weighted by Crippen LogP contribution is 2.54. The molecule has 1 N–H and O–H groups in total. The Hall–Kier alpha value is -0.680. The molecule has 0 aliphatic rings. The number of hydrogen-bond acceptors (Lipinski definition) is 4. The molecule has 0 radical (unpaired) electrons. The van der Waals surface area contributed by atoms with E-state index in [2.05, 4.69) is 31.4 Å². The Morgan fingerprint density at radius 2 is 1.21 bits per heavy atom. The zero-order chi connectivity index (χ0) is 17.7. The van der Waals surface area contributed by atoms with Crippen LogP contribution in [0.15, 0.2) is 60.7 Å². The van der Waals surface area contributed by atoms with Gasteiger partial charge in [0.2, 0.25) is 5.69 Å². The van der Waals surface area contributed by atoms with E-state index in [9.17, 15) is 0 Å². The third-order valence-corrected chi connectivity index (χ3v) is 5.21. The fraction of sp³-hybridized carbons (Fsp3) is 0.333. The van der Waals surface area contributed by atoms with Gasteiger partial charge in [-0.3, -0.25) is 0 Å². The van der Waals surface area contributed by atoms with E-state index in [-0.39, 0.29) is 0 Å². The van der Waals surface area contributed by atoms with Gasteiger partial charge >= 0.3 is 0 Å². The summed E-state index contributed by atoms with van der Waals surface area (Å²) in [6, 6.07) is 19.7. The van der Waals surface area contributed by atoms with Crippen molar-refractivity contribution in [3.63, 3.8) is 0 Å². The molecule has 0 aliphatic carbocycles. The first-order valence-corrected chi connectivity index (χ1v) is 11.8. The molecular weight excluding hydrogens is 357 g/mol. The minimum absolute atomic E-state index is 0.427. The molecule has 0 unspecified atom stereocenters. The summed E-state index contributed by atoms with van der Waals surface area (Å²) >= 11 is 9.60. The third kappa shape index (κ3) is 10.2. The van der Waals surface area contributed by atoms with Gasteiger partial charge in [0.05, 0.1) is 13.2 Å².